The summed E-state index contributed by atoms with van der Waals surface area (Å²) in [6.07, 6.45) is 4.96. The number of rotatable bonds is 8. The Morgan fingerprint density at radius 3 is 2.50 bits per heavy atom. The Labute approximate surface area is 182 Å². The number of nitrogens with one attached hydrogen (secondary N) is 1. The quantitative estimate of drug-likeness (QED) is 0.335. The zero-order chi connectivity index (χ0) is 22.7. The number of benzene rings is 1. The predicted molar refractivity (Wildman–Crippen MR) is 119 cm³/mol. The molecule has 0 saturated heterocycles. The molecule has 164 valence electrons. The number of nitro benzene ring substituents is 1. The standard InChI is InChI=1S/C22H22N6O4/c1-2-11-27-21(29)19-20(25-18(24-19)13-16-4-3-10-23-14-16)26(22(27)30)12-9-15-5-7-17(8-6-15)28(31)32/h3-8,10,14H,2,9,11-13H2,1H3,(H,24,25). The Hall–Kier alpha value is -4.08. The molecule has 0 spiro atoms. The van der Waals surface area contributed by atoms with Gasteiger partial charge in [-0.05, 0) is 30.0 Å². The van der Waals surface area contributed by atoms with E-state index < -0.39 is 10.6 Å². The highest BCUT2D eigenvalue weighted by Crippen LogP contribution is 2.14. The Morgan fingerprint density at radius 1 is 1.06 bits per heavy atom. The van der Waals surface area contributed by atoms with Crippen LogP contribution >= 0.6 is 0 Å². The van der Waals surface area contributed by atoms with Gasteiger partial charge in [-0.25, -0.2) is 9.78 Å². The molecule has 0 atom stereocenters. The number of nitrogens with zero attached hydrogens (tertiary/aromatic N) is 5. The number of nitro groups is 1. The summed E-state index contributed by atoms with van der Waals surface area (Å²) in [7, 11) is 0. The van der Waals surface area contributed by atoms with Gasteiger partial charge in [0.2, 0.25) is 0 Å². The summed E-state index contributed by atoms with van der Waals surface area (Å²) >= 11 is 0. The van der Waals surface area contributed by atoms with Crippen LogP contribution in [0.4, 0.5) is 5.69 Å². The summed E-state index contributed by atoms with van der Waals surface area (Å²) < 4.78 is 2.72. The molecular formula is C22H22N6O4. The number of aromatic amines is 1. The highest BCUT2D eigenvalue weighted by molar-refractivity contribution is 5.70. The molecule has 0 fully saturated rings. The second-order valence-corrected chi connectivity index (χ2v) is 7.48. The minimum atomic E-state index is -0.452. The molecular weight excluding hydrogens is 412 g/mol. The zero-order valence-corrected chi connectivity index (χ0v) is 17.5. The van der Waals surface area contributed by atoms with Gasteiger partial charge in [-0.15, -0.1) is 0 Å². The Balaban J connectivity index is 1.72. The third-order valence-electron chi connectivity index (χ3n) is 5.22. The molecule has 32 heavy (non-hydrogen) atoms. The van der Waals surface area contributed by atoms with Crippen LogP contribution in [0.2, 0.25) is 0 Å². The molecule has 0 saturated carbocycles. The van der Waals surface area contributed by atoms with E-state index in [0.717, 1.165) is 11.1 Å². The molecule has 4 rings (SSSR count). The van der Waals surface area contributed by atoms with Crippen molar-refractivity contribution in [3.63, 3.8) is 0 Å². The first-order valence-electron chi connectivity index (χ1n) is 10.3. The molecule has 0 bridgehead atoms. The topological polar surface area (TPSA) is 129 Å². The first-order chi connectivity index (χ1) is 15.5. The van der Waals surface area contributed by atoms with Crippen molar-refractivity contribution in [2.45, 2.75) is 39.3 Å². The van der Waals surface area contributed by atoms with Crippen LogP contribution in [0.1, 0.15) is 30.3 Å². The maximum absolute atomic E-state index is 13.1. The van der Waals surface area contributed by atoms with Crippen molar-refractivity contribution < 1.29 is 4.92 Å². The average Bonchev–Trinajstić information content (AvgIpc) is 3.21. The number of hydrogen-bond donors (Lipinski definition) is 1. The van der Waals surface area contributed by atoms with Gasteiger partial charge in [-0.1, -0.05) is 25.1 Å². The Bertz CT molecular complexity index is 1370. The van der Waals surface area contributed by atoms with E-state index in [1.807, 2.05) is 19.1 Å². The molecule has 0 aliphatic carbocycles. The third kappa shape index (κ3) is 4.20. The molecule has 1 aromatic carbocycles. The molecule has 0 unspecified atom stereocenters. The van der Waals surface area contributed by atoms with Gasteiger partial charge >= 0.3 is 5.69 Å². The lowest BCUT2D eigenvalue weighted by Gasteiger charge is -2.10. The van der Waals surface area contributed by atoms with E-state index >= 15 is 0 Å². The van der Waals surface area contributed by atoms with Crippen LogP contribution in [0.15, 0.2) is 58.4 Å². The SMILES string of the molecule is CCCn1c(=O)c2[nH]c(Cc3cccnc3)nc2n(CCc2ccc([N+](=O)[O-])cc2)c1=O. The van der Waals surface area contributed by atoms with Gasteiger partial charge in [-0.2, -0.15) is 0 Å². The fourth-order valence-corrected chi connectivity index (χ4v) is 3.64. The monoisotopic (exact) mass is 434 g/mol. The van der Waals surface area contributed by atoms with Gasteiger partial charge < -0.3 is 4.98 Å². The Morgan fingerprint density at radius 2 is 1.84 bits per heavy atom. The number of H-pyrrole nitrogens is 1. The number of non-ortho nitro benzene ring substituents is 1. The minimum Gasteiger partial charge on any atom is -0.336 e. The van der Waals surface area contributed by atoms with Gasteiger partial charge in [0.05, 0.1) is 4.92 Å². The van der Waals surface area contributed by atoms with Crippen molar-refractivity contribution in [1.29, 1.82) is 0 Å². The third-order valence-corrected chi connectivity index (χ3v) is 5.22. The van der Waals surface area contributed by atoms with Crippen LogP contribution in [0.5, 0.6) is 0 Å². The van der Waals surface area contributed by atoms with E-state index in [-0.39, 0.29) is 17.8 Å². The molecule has 10 heteroatoms. The normalized spacial score (nSPS) is 11.2. The number of aromatic nitrogens is 5. The van der Waals surface area contributed by atoms with Crippen molar-refractivity contribution in [1.82, 2.24) is 24.1 Å². The molecule has 1 N–H and O–H groups in total. The van der Waals surface area contributed by atoms with Gasteiger partial charge in [0.25, 0.3) is 11.2 Å². The number of pyridine rings is 1. The van der Waals surface area contributed by atoms with E-state index in [0.29, 0.717) is 42.8 Å². The van der Waals surface area contributed by atoms with Gasteiger partial charge in [0, 0.05) is 44.0 Å². The molecule has 0 aliphatic rings. The van der Waals surface area contributed by atoms with E-state index in [9.17, 15) is 19.7 Å². The summed E-state index contributed by atoms with van der Waals surface area (Å²) in [6, 6.07) is 9.95. The molecule has 0 radical (unpaired) electrons. The molecule has 0 amide bonds. The minimum absolute atomic E-state index is 0.0112. The molecule has 3 heterocycles. The summed E-state index contributed by atoms with van der Waals surface area (Å²) in [5.74, 6) is 0.572. The summed E-state index contributed by atoms with van der Waals surface area (Å²) in [5, 5.41) is 10.9. The second-order valence-electron chi connectivity index (χ2n) is 7.48. The first kappa shape index (κ1) is 21.2. The van der Waals surface area contributed by atoms with E-state index in [2.05, 4.69) is 15.0 Å². The van der Waals surface area contributed by atoms with Crippen LogP contribution in [0.25, 0.3) is 11.2 Å². The van der Waals surface area contributed by atoms with E-state index in [1.165, 1.54) is 21.3 Å². The molecule has 3 aromatic heterocycles. The maximum Gasteiger partial charge on any atom is 0.332 e. The lowest BCUT2D eigenvalue weighted by Crippen LogP contribution is -2.40. The van der Waals surface area contributed by atoms with Crippen LogP contribution in [0.3, 0.4) is 0 Å². The van der Waals surface area contributed by atoms with Gasteiger partial charge in [0.15, 0.2) is 5.65 Å². The number of fused-ring (bicyclic) bond motifs is 1. The van der Waals surface area contributed by atoms with Crippen LogP contribution in [-0.4, -0.2) is 29.0 Å². The summed E-state index contributed by atoms with van der Waals surface area (Å²) in [6.45, 7) is 2.49. The van der Waals surface area contributed by atoms with Crippen LogP contribution in [-0.2, 0) is 25.9 Å². The summed E-state index contributed by atoms with van der Waals surface area (Å²) in [4.78, 5) is 48.2. The Kier molecular flexibility index (Phi) is 5.93. The second kappa shape index (κ2) is 8.96. The van der Waals surface area contributed by atoms with Crippen molar-refractivity contribution in [3.05, 3.63) is 96.7 Å². The lowest BCUT2D eigenvalue weighted by atomic mass is 10.1. The summed E-state index contributed by atoms with van der Waals surface area (Å²) in [5.41, 5.74) is 1.59. The van der Waals surface area contributed by atoms with E-state index in [4.69, 9.17) is 0 Å². The maximum atomic E-state index is 13.1. The van der Waals surface area contributed by atoms with Gasteiger partial charge in [0.1, 0.15) is 11.3 Å². The largest absolute Gasteiger partial charge is 0.336 e. The first-order valence-corrected chi connectivity index (χ1v) is 10.3. The lowest BCUT2D eigenvalue weighted by molar-refractivity contribution is -0.384. The smallest absolute Gasteiger partial charge is 0.332 e. The number of aryl methyl sites for hydroxylation is 2. The van der Waals surface area contributed by atoms with Crippen molar-refractivity contribution in [2.75, 3.05) is 0 Å². The van der Waals surface area contributed by atoms with Crippen LogP contribution < -0.4 is 11.2 Å². The predicted octanol–water partition coefficient (Wildman–Crippen LogP) is 2.43. The highest BCUT2D eigenvalue weighted by atomic mass is 16.6. The van der Waals surface area contributed by atoms with E-state index in [1.54, 1.807) is 24.5 Å². The molecule has 0 aliphatic heterocycles. The zero-order valence-electron chi connectivity index (χ0n) is 17.5. The van der Waals surface area contributed by atoms with Crippen molar-refractivity contribution >= 4 is 16.9 Å². The van der Waals surface area contributed by atoms with Crippen molar-refractivity contribution in [3.8, 4) is 0 Å². The number of imidazole rings is 1. The van der Waals surface area contributed by atoms with Crippen LogP contribution in [0, 0.1) is 10.1 Å². The highest BCUT2D eigenvalue weighted by Gasteiger charge is 2.17. The van der Waals surface area contributed by atoms with Gasteiger partial charge in [-0.3, -0.25) is 29.0 Å². The average molecular weight is 434 g/mol. The molecule has 4 aromatic rings. The van der Waals surface area contributed by atoms with Crippen molar-refractivity contribution in [2.24, 2.45) is 0 Å². The fraction of sp³-hybridized carbons (Fsp3) is 0.273. The molecule has 10 nitrogen and oxygen atoms in total. The fourth-order valence-electron chi connectivity index (χ4n) is 3.64. The number of hydrogen-bond acceptors (Lipinski definition) is 6.